The number of hydrogen-bond acceptors (Lipinski definition) is 6. The zero-order valence-electron chi connectivity index (χ0n) is 12.8. The number of hydrogen-bond donors (Lipinski definition) is 1. The van der Waals surface area contributed by atoms with Crippen LogP contribution >= 0.6 is 11.3 Å². The predicted octanol–water partition coefficient (Wildman–Crippen LogP) is 3.24. The van der Waals surface area contributed by atoms with Crippen molar-refractivity contribution < 1.29 is 19.1 Å². The van der Waals surface area contributed by atoms with Gasteiger partial charge >= 0.3 is 0 Å². The zero-order valence-corrected chi connectivity index (χ0v) is 13.6. The molecule has 1 unspecified atom stereocenters. The van der Waals surface area contributed by atoms with E-state index in [0.29, 0.717) is 23.9 Å². The van der Waals surface area contributed by atoms with Gasteiger partial charge in [0, 0.05) is 6.92 Å². The molecule has 1 aromatic heterocycles. The quantitative estimate of drug-likeness (QED) is 0.740. The predicted molar refractivity (Wildman–Crippen MR) is 89.4 cm³/mol. The first-order valence-corrected chi connectivity index (χ1v) is 8.24. The van der Waals surface area contributed by atoms with Crippen LogP contribution in [0.15, 0.2) is 42.5 Å². The number of fused-ring (bicyclic) bond motifs is 2. The smallest absolute Gasteiger partial charge is 0.249 e. The van der Waals surface area contributed by atoms with E-state index < -0.39 is 0 Å². The van der Waals surface area contributed by atoms with Crippen molar-refractivity contribution in [3.63, 3.8) is 0 Å². The van der Waals surface area contributed by atoms with E-state index in [0.717, 1.165) is 15.2 Å². The summed E-state index contributed by atoms with van der Waals surface area (Å²) >= 11 is 1.59. The summed E-state index contributed by atoms with van der Waals surface area (Å²) in [5, 5.41) is 0.870. The van der Waals surface area contributed by atoms with Crippen LogP contribution in [0.4, 0.5) is 0 Å². The Morgan fingerprint density at radius 3 is 3.00 bits per heavy atom. The minimum absolute atomic E-state index is 0.272. The van der Waals surface area contributed by atoms with E-state index in [1.807, 2.05) is 24.3 Å². The average Bonchev–Trinajstić information content (AvgIpc) is 3.03. The van der Waals surface area contributed by atoms with Gasteiger partial charge in [-0.25, -0.2) is 4.98 Å². The number of benzene rings is 2. The number of amides is 1. The van der Waals surface area contributed by atoms with Gasteiger partial charge in [0.1, 0.15) is 11.6 Å². The van der Waals surface area contributed by atoms with E-state index in [1.165, 1.54) is 6.92 Å². The number of thiazole rings is 1. The largest absolute Gasteiger partial charge is 0.482 e. The van der Waals surface area contributed by atoms with Gasteiger partial charge in [0.2, 0.25) is 17.4 Å². The van der Waals surface area contributed by atoms with Gasteiger partial charge in [0.05, 0.1) is 10.2 Å². The van der Waals surface area contributed by atoms with Crippen molar-refractivity contribution in [1.29, 1.82) is 0 Å². The Morgan fingerprint density at radius 2 is 2.17 bits per heavy atom. The van der Waals surface area contributed by atoms with Gasteiger partial charge < -0.3 is 14.3 Å². The number of carbonyl (C=O) groups excluding carboxylic acids is 1. The maximum atomic E-state index is 11.0. The third-order valence-corrected chi connectivity index (χ3v) is 4.61. The Kier molecular flexibility index (Phi) is 3.70. The van der Waals surface area contributed by atoms with Gasteiger partial charge in [-0.2, -0.15) is 5.48 Å². The third-order valence-electron chi connectivity index (χ3n) is 3.48. The van der Waals surface area contributed by atoms with E-state index in [9.17, 15) is 4.79 Å². The normalized spacial score (nSPS) is 16.0. The molecule has 0 fully saturated rings. The highest BCUT2D eigenvalue weighted by Gasteiger charge is 2.28. The molecule has 6 nitrogen and oxygen atoms in total. The highest BCUT2D eigenvalue weighted by atomic mass is 32.1. The molecule has 0 radical (unpaired) electrons. The van der Waals surface area contributed by atoms with Crippen molar-refractivity contribution in [1.82, 2.24) is 10.5 Å². The topological polar surface area (TPSA) is 69.7 Å². The Bertz CT molecular complexity index is 875. The lowest BCUT2D eigenvalue weighted by molar-refractivity contribution is -0.125. The fourth-order valence-electron chi connectivity index (χ4n) is 2.43. The molecule has 0 aliphatic carbocycles. The summed E-state index contributed by atoms with van der Waals surface area (Å²) in [6.45, 7) is 1.70. The average molecular weight is 342 g/mol. The number of para-hydroxylation sites is 2. The molecule has 0 saturated carbocycles. The fourth-order valence-corrected chi connectivity index (χ4v) is 3.42. The van der Waals surface area contributed by atoms with E-state index in [1.54, 1.807) is 29.5 Å². The lowest BCUT2D eigenvalue weighted by Gasteiger charge is -2.26. The number of nitrogens with zero attached hydrogens (tertiary/aromatic N) is 1. The van der Waals surface area contributed by atoms with E-state index in [4.69, 9.17) is 14.3 Å². The van der Waals surface area contributed by atoms with Crippen LogP contribution in [0.5, 0.6) is 17.2 Å². The number of hydroxylamine groups is 1. The highest BCUT2D eigenvalue weighted by Crippen LogP contribution is 2.43. The van der Waals surface area contributed by atoms with Crippen LogP contribution < -0.4 is 19.8 Å². The molecule has 4 rings (SSSR count). The monoisotopic (exact) mass is 342 g/mol. The maximum Gasteiger partial charge on any atom is 0.249 e. The lowest BCUT2D eigenvalue weighted by Crippen LogP contribution is -2.26. The van der Waals surface area contributed by atoms with Crippen LogP contribution in [0.1, 0.15) is 18.0 Å². The molecule has 122 valence electrons. The molecule has 3 aromatic rings. The van der Waals surface area contributed by atoms with Crippen molar-refractivity contribution in [2.24, 2.45) is 0 Å². The molecular weight excluding hydrogens is 328 g/mol. The number of carbonyl (C=O) groups is 1. The minimum Gasteiger partial charge on any atom is -0.482 e. The first kappa shape index (κ1) is 14.8. The van der Waals surface area contributed by atoms with Gasteiger partial charge in [-0.3, -0.25) is 4.79 Å². The Labute approximate surface area is 141 Å². The molecule has 2 heterocycles. The van der Waals surface area contributed by atoms with Crippen molar-refractivity contribution in [3.8, 4) is 17.2 Å². The second kappa shape index (κ2) is 6.01. The van der Waals surface area contributed by atoms with Crippen LogP contribution in [0, 0.1) is 0 Å². The van der Waals surface area contributed by atoms with Gasteiger partial charge in [-0.05, 0) is 24.3 Å². The van der Waals surface area contributed by atoms with Crippen LogP contribution in [0.3, 0.4) is 0 Å². The van der Waals surface area contributed by atoms with Gasteiger partial charge in [-0.15, -0.1) is 11.3 Å². The zero-order chi connectivity index (χ0) is 16.5. The van der Waals surface area contributed by atoms with Crippen LogP contribution in [-0.2, 0) is 4.79 Å². The molecule has 1 amide bonds. The maximum absolute atomic E-state index is 11.0. The molecule has 2 aromatic carbocycles. The summed E-state index contributed by atoms with van der Waals surface area (Å²) in [7, 11) is 0. The standard InChI is InChI=1S/C17H14N2O4S/c1-10(20)19-23-13-7-4-6-12-16(13)21-9-14(22-12)17-18-11-5-2-3-8-15(11)24-17/h2-8,14H,9H2,1H3,(H,19,20). The first-order chi connectivity index (χ1) is 11.7. The minimum atomic E-state index is -0.295. The van der Waals surface area contributed by atoms with Crippen molar-refractivity contribution in [3.05, 3.63) is 47.5 Å². The molecule has 1 atom stereocenters. The summed E-state index contributed by atoms with van der Waals surface area (Å²) in [4.78, 5) is 20.8. The number of nitrogens with one attached hydrogen (secondary N) is 1. The summed E-state index contributed by atoms with van der Waals surface area (Å²) in [6, 6.07) is 13.2. The van der Waals surface area contributed by atoms with Crippen LogP contribution in [0.25, 0.3) is 10.2 Å². The second-order valence-corrected chi connectivity index (χ2v) is 6.34. The number of aromatic nitrogens is 1. The molecule has 1 aliphatic heterocycles. The first-order valence-electron chi connectivity index (χ1n) is 7.42. The van der Waals surface area contributed by atoms with Gasteiger partial charge in [0.25, 0.3) is 0 Å². The van der Waals surface area contributed by atoms with Crippen LogP contribution in [0.2, 0.25) is 0 Å². The third kappa shape index (κ3) is 2.74. The molecule has 0 bridgehead atoms. The SMILES string of the molecule is CC(=O)NOc1cccc2c1OCC(c1nc3ccccc3s1)O2. The van der Waals surface area contributed by atoms with Crippen molar-refractivity contribution in [2.45, 2.75) is 13.0 Å². The molecule has 7 heteroatoms. The summed E-state index contributed by atoms with van der Waals surface area (Å²) in [6.07, 6.45) is -0.272. The summed E-state index contributed by atoms with van der Waals surface area (Å²) < 4.78 is 13.0. The van der Waals surface area contributed by atoms with Crippen LogP contribution in [-0.4, -0.2) is 17.5 Å². The van der Waals surface area contributed by atoms with Gasteiger partial charge in [0.15, 0.2) is 11.9 Å². The number of ether oxygens (including phenoxy) is 2. The molecule has 0 saturated heterocycles. The molecule has 1 N–H and O–H groups in total. The van der Waals surface area contributed by atoms with Gasteiger partial charge in [-0.1, -0.05) is 18.2 Å². The molecule has 0 spiro atoms. The Hall–Kier alpha value is -2.80. The van der Waals surface area contributed by atoms with E-state index >= 15 is 0 Å². The number of rotatable bonds is 3. The summed E-state index contributed by atoms with van der Waals surface area (Å²) in [5.41, 5.74) is 3.24. The Morgan fingerprint density at radius 1 is 1.29 bits per heavy atom. The summed E-state index contributed by atoms with van der Waals surface area (Å²) in [5.74, 6) is 1.15. The van der Waals surface area contributed by atoms with Crippen molar-refractivity contribution >= 4 is 27.5 Å². The Balaban J connectivity index is 1.59. The highest BCUT2D eigenvalue weighted by molar-refractivity contribution is 7.18. The molecule has 1 aliphatic rings. The lowest BCUT2D eigenvalue weighted by atomic mass is 10.2. The van der Waals surface area contributed by atoms with E-state index in [2.05, 4.69) is 10.5 Å². The van der Waals surface area contributed by atoms with Crippen molar-refractivity contribution in [2.75, 3.05) is 6.61 Å². The van der Waals surface area contributed by atoms with E-state index in [-0.39, 0.29) is 12.0 Å². The molecule has 24 heavy (non-hydrogen) atoms. The fraction of sp³-hybridized carbons (Fsp3) is 0.176. The second-order valence-electron chi connectivity index (χ2n) is 5.28. The molecular formula is C17H14N2O4S.